The Kier molecular flexibility index (Phi) is 6.43. The molecule has 2 aromatic rings. The number of amides is 1. The number of halogens is 2. The third-order valence-electron chi connectivity index (χ3n) is 2.79. The lowest BCUT2D eigenvalue weighted by molar-refractivity contribution is -0.123. The molecule has 0 radical (unpaired) electrons. The molecule has 2 rings (SSSR count). The van der Waals surface area contributed by atoms with Crippen LogP contribution in [0.1, 0.15) is 5.56 Å². The van der Waals surface area contributed by atoms with Crippen LogP contribution in [0.4, 0.5) is 0 Å². The Labute approximate surface area is 147 Å². The molecule has 0 aromatic heterocycles. The van der Waals surface area contributed by atoms with E-state index in [1.807, 2.05) is 12.1 Å². The minimum Gasteiger partial charge on any atom is -0.497 e. The first-order chi connectivity index (χ1) is 11.1. The lowest BCUT2D eigenvalue weighted by Crippen LogP contribution is -2.24. The zero-order valence-electron chi connectivity index (χ0n) is 12.3. The predicted octanol–water partition coefficient (Wildman–Crippen LogP) is 3.64. The summed E-state index contributed by atoms with van der Waals surface area (Å²) in [5.74, 6) is 0.757. The molecule has 2 aromatic carbocycles. The van der Waals surface area contributed by atoms with Crippen LogP contribution in [-0.2, 0) is 4.79 Å². The van der Waals surface area contributed by atoms with Crippen LogP contribution in [-0.4, -0.2) is 25.8 Å². The van der Waals surface area contributed by atoms with Crippen LogP contribution < -0.4 is 14.9 Å². The quantitative estimate of drug-likeness (QED) is 0.598. The van der Waals surface area contributed by atoms with E-state index in [0.717, 1.165) is 10.0 Å². The molecule has 0 heterocycles. The first-order valence-electron chi connectivity index (χ1n) is 6.63. The van der Waals surface area contributed by atoms with E-state index in [1.165, 1.54) is 6.21 Å². The monoisotopic (exact) mass is 396 g/mol. The molecule has 23 heavy (non-hydrogen) atoms. The van der Waals surface area contributed by atoms with Crippen molar-refractivity contribution in [2.45, 2.75) is 0 Å². The van der Waals surface area contributed by atoms with E-state index in [-0.39, 0.29) is 12.5 Å². The fourth-order valence-corrected chi connectivity index (χ4v) is 2.20. The first-order valence-corrected chi connectivity index (χ1v) is 7.80. The maximum absolute atomic E-state index is 11.7. The number of carbonyl (C=O) groups excluding carboxylic acids is 1. The smallest absolute Gasteiger partial charge is 0.277 e. The zero-order chi connectivity index (χ0) is 16.7. The maximum atomic E-state index is 11.7. The number of benzene rings is 2. The molecule has 120 valence electrons. The maximum Gasteiger partial charge on any atom is 0.277 e. The Morgan fingerprint density at radius 3 is 2.87 bits per heavy atom. The molecular formula is C16H14BrClN2O3. The second-order valence-electron chi connectivity index (χ2n) is 4.40. The van der Waals surface area contributed by atoms with Crippen LogP contribution in [0.5, 0.6) is 11.5 Å². The van der Waals surface area contributed by atoms with Crippen LogP contribution in [0, 0.1) is 0 Å². The van der Waals surface area contributed by atoms with Crippen molar-refractivity contribution in [2.24, 2.45) is 5.10 Å². The summed E-state index contributed by atoms with van der Waals surface area (Å²) in [5.41, 5.74) is 3.16. The van der Waals surface area contributed by atoms with E-state index in [1.54, 1.807) is 37.4 Å². The van der Waals surface area contributed by atoms with Crippen molar-refractivity contribution in [3.8, 4) is 11.5 Å². The van der Waals surface area contributed by atoms with Gasteiger partial charge in [0.15, 0.2) is 6.61 Å². The Balaban J connectivity index is 1.88. The molecular weight excluding hydrogens is 384 g/mol. The highest BCUT2D eigenvalue weighted by atomic mass is 79.9. The van der Waals surface area contributed by atoms with Gasteiger partial charge in [-0.1, -0.05) is 39.7 Å². The van der Waals surface area contributed by atoms with Crippen LogP contribution in [0.2, 0.25) is 5.02 Å². The normalized spacial score (nSPS) is 10.6. The van der Waals surface area contributed by atoms with Crippen molar-refractivity contribution in [3.05, 3.63) is 57.5 Å². The Hall–Kier alpha value is -2.05. The van der Waals surface area contributed by atoms with Gasteiger partial charge in [0.1, 0.15) is 11.5 Å². The van der Waals surface area contributed by atoms with Gasteiger partial charge >= 0.3 is 0 Å². The van der Waals surface area contributed by atoms with E-state index in [0.29, 0.717) is 16.5 Å². The summed E-state index contributed by atoms with van der Waals surface area (Å²) in [5, 5.41) is 4.34. The highest BCUT2D eigenvalue weighted by molar-refractivity contribution is 9.10. The molecule has 0 aliphatic carbocycles. The molecule has 0 aliphatic heterocycles. The average Bonchev–Trinajstić information content (AvgIpc) is 2.56. The van der Waals surface area contributed by atoms with Gasteiger partial charge in [-0.3, -0.25) is 4.79 Å². The zero-order valence-corrected chi connectivity index (χ0v) is 14.6. The van der Waals surface area contributed by atoms with Crippen LogP contribution in [0.3, 0.4) is 0 Å². The summed E-state index contributed by atoms with van der Waals surface area (Å²) < 4.78 is 11.3. The predicted molar refractivity (Wildman–Crippen MR) is 93.4 cm³/mol. The van der Waals surface area contributed by atoms with Crippen LogP contribution >= 0.6 is 27.5 Å². The number of para-hydroxylation sites is 1. The number of carbonyl (C=O) groups is 1. The summed E-state index contributed by atoms with van der Waals surface area (Å²) in [6.45, 7) is -0.180. The van der Waals surface area contributed by atoms with Crippen LogP contribution in [0.15, 0.2) is 52.0 Å². The number of hydrogen-bond acceptors (Lipinski definition) is 4. The molecule has 0 saturated heterocycles. The lowest BCUT2D eigenvalue weighted by atomic mass is 10.2. The number of methoxy groups -OCH3 is 1. The molecule has 0 unspecified atom stereocenters. The van der Waals surface area contributed by atoms with Crippen molar-refractivity contribution in [1.29, 1.82) is 0 Å². The Bertz CT molecular complexity index is 722. The topological polar surface area (TPSA) is 59.9 Å². The summed E-state index contributed by atoms with van der Waals surface area (Å²) in [6, 6.07) is 12.4. The molecule has 1 amide bonds. The largest absolute Gasteiger partial charge is 0.497 e. The fraction of sp³-hybridized carbons (Fsp3) is 0.125. The molecule has 0 atom stereocenters. The summed E-state index contributed by atoms with van der Waals surface area (Å²) in [6.07, 6.45) is 1.51. The fourth-order valence-electron chi connectivity index (χ4n) is 1.66. The second kappa shape index (κ2) is 8.55. The third-order valence-corrected chi connectivity index (χ3v) is 3.83. The molecule has 1 N–H and O–H groups in total. The average molecular weight is 398 g/mol. The van der Waals surface area contributed by atoms with Gasteiger partial charge in [-0.15, -0.1) is 0 Å². The van der Waals surface area contributed by atoms with Gasteiger partial charge in [0, 0.05) is 10.0 Å². The van der Waals surface area contributed by atoms with E-state index < -0.39 is 0 Å². The van der Waals surface area contributed by atoms with Crippen molar-refractivity contribution in [1.82, 2.24) is 5.43 Å². The molecule has 0 spiro atoms. The standard InChI is InChI=1S/C16H14BrClN2O3/c1-22-12-6-7-13(17)11(8-12)9-19-20-16(21)10-23-15-5-3-2-4-14(15)18/h2-9H,10H2,1H3,(H,20,21)/b19-9+. The highest BCUT2D eigenvalue weighted by Gasteiger charge is 2.04. The van der Waals surface area contributed by atoms with E-state index in [9.17, 15) is 4.79 Å². The number of ether oxygens (including phenoxy) is 2. The Morgan fingerprint density at radius 2 is 2.13 bits per heavy atom. The summed E-state index contributed by atoms with van der Waals surface area (Å²) in [4.78, 5) is 11.7. The van der Waals surface area contributed by atoms with Crippen LogP contribution in [0.25, 0.3) is 0 Å². The van der Waals surface area contributed by atoms with Gasteiger partial charge in [0.05, 0.1) is 18.3 Å². The number of rotatable bonds is 6. The van der Waals surface area contributed by atoms with E-state index in [2.05, 4.69) is 26.5 Å². The summed E-state index contributed by atoms with van der Waals surface area (Å²) in [7, 11) is 1.58. The van der Waals surface area contributed by atoms with Gasteiger partial charge in [-0.25, -0.2) is 5.43 Å². The lowest BCUT2D eigenvalue weighted by Gasteiger charge is -2.06. The van der Waals surface area contributed by atoms with Gasteiger partial charge in [0.2, 0.25) is 0 Å². The van der Waals surface area contributed by atoms with Crippen molar-refractivity contribution < 1.29 is 14.3 Å². The highest BCUT2D eigenvalue weighted by Crippen LogP contribution is 2.23. The SMILES string of the molecule is COc1ccc(Br)c(/C=N/NC(=O)COc2ccccc2Cl)c1. The van der Waals surface area contributed by atoms with Gasteiger partial charge in [0.25, 0.3) is 5.91 Å². The van der Waals surface area contributed by atoms with Crippen molar-refractivity contribution in [3.63, 3.8) is 0 Å². The minimum absolute atomic E-state index is 0.180. The van der Waals surface area contributed by atoms with Crippen molar-refractivity contribution in [2.75, 3.05) is 13.7 Å². The Morgan fingerprint density at radius 1 is 1.35 bits per heavy atom. The number of nitrogens with one attached hydrogen (secondary N) is 1. The molecule has 0 saturated carbocycles. The van der Waals surface area contributed by atoms with Crippen molar-refractivity contribution >= 4 is 39.7 Å². The number of hydrazone groups is 1. The molecule has 7 heteroatoms. The molecule has 5 nitrogen and oxygen atoms in total. The van der Waals surface area contributed by atoms with E-state index in [4.69, 9.17) is 21.1 Å². The second-order valence-corrected chi connectivity index (χ2v) is 5.66. The number of nitrogens with zero attached hydrogens (tertiary/aromatic N) is 1. The number of hydrogen-bond donors (Lipinski definition) is 1. The molecule has 0 bridgehead atoms. The third kappa shape index (κ3) is 5.26. The molecule has 0 fully saturated rings. The van der Waals surface area contributed by atoms with Gasteiger partial charge in [-0.05, 0) is 30.3 Å². The first kappa shape index (κ1) is 17.3. The van der Waals surface area contributed by atoms with Gasteiger partial charge < -0.3 is 9.47 Å². The van der Waals surface area contributed by atoms with E-state index >= 15 is 0 Å². The molecule has 0 aliphatic rings. The minimum atomic E-state index is -0.389. The van der Waals surface area contributed by atoms with Gasteiger partial charge in [-0.2, -0.15) is 5.10 Å². The summed E-state index contributed by atoms with van der Waals surface area (Å²) >= 11 is 9.33.